The third kappa shape index (κ3) is 8.40. The van der Waals surface area contributed by atoms with E-state index in [0.29, 0.717) is 12.6 Å². The Kier molecular flexibility index (Phi) is 9.38. The van der Waals surface area contributed by atoms with Crippen molar-refractivity contribution in [2.24, 2.45) is 0 Å². The first kappa shape index (κ1) is 16.2. The van der Waals surface area contributed by atoms with Crippen LogP contribution in [0.4, 0.5) is 0 Å². The molecule has 0 aromatic rings. The number of carbonyl (C=O) groups is 4. The van der Waals surface area contributed by atoms with Gasteiger partial charge in [0.15, 0.2) is 0 Å². The number of hydrogen-bond donors (Lipinski definition) is 0. The lowest BCUT2D eigenvalue weighted by molar-refractivity contribution is -0.264. The zero-order valence-corrected chi connectivity index (χ0v) is 10.1. The van der Waals surface area contributed by atoms with Crippen molar-refractivity contribution in [2.45, 2.75) is 39.1 Å². The molecular formula is C11H16O7. The van der Waals surface area contributed by atoms with Gasteiger partial charge in [-0.3, -0.25) is 9.59 Å². The second-order valence-corrected chi connectivity index (χ2v) is 3.13. The van der Waals surface area contributed by atoms with Gasteiger partial charge in [-0.05, 0) is 6.92 Å². The molecule has 0 aromatic carbocycles. The number of esters is 2. The molecule has 7 heteroatoms. The third-order valence-corrected chi connectivity index (χ3v) is 1.69. The molecule has 0 bridgehead atoms. The Labute approximate surface area is 104 Å². The number of carbonyl (C=O) groups excluding carboxylic acids is 4. The van der Waals surface area contributed by atoms with Crippen molar-refractivity contribution in [3.8, 4) is 0 Å². The lowest BCUT2D eigenvalue weighted by Gasteiger charge is -2.17. The Morgan fingerprint density at radius 3 is 1.78 bits per heavy atom. The van der Waals surface area contributed by atoms with E-state index in [1.807, 2.05) is 0 Å². The van der Waals surface area contributed by atoms with Crippen LogP contribution < -0.4 is 0 Å². The minimum Gasteiger partial charge on any atom is -0.400 e. The quantitative estimate of drug-likeness (QED) is 0.317. The fourth-order valence-electron chi connectivity index (χ4n) is 0.914. The summed E-state index contributed by atoms with van der Waals surface area (Å²) in [7, 11) is 0. The molecule has 0 radical (unpaired) electrons. The van der Waals surface area contributed by atoms with Crippen LogP contribution in [0.3, 0.4) is 0 Å². The van der Waals surface area contributed by atoms with Crippen molar-refractivity contribution in [1.82, 2.24) is 0 Å². The topological polar surface area (TPSA) is 96.0 Å². The molecule has 0 saturated carbocycles. The first-order valence-electron chi connectivity index (χ1n) is 5.51. The molecule has 0 unspecified atom stereocenters. The first-order valence-corrected chi connectivity index (χ1v) is 5.51. The second kappa shape index (κ2) is 10.4. The van der Waals surface area contributed by atoms with Gasteiger partial charge < -0.3 is 23.8 Å². The molecule has 0 aromatic heterocycles. The van der Waals surface area contributed by atoms with E-state index in [1.165, 1.54) is 0 Å². The zero-order chi connectivity index (χ0) is 13.8. The average Bonchev–Trinajstić information content (AvgIpc) is 2.34. The molecule has 0 saturated heterocycles. The molecule has 0 fully saturated rings. The lowest BCUT2D eigenvalue weighted by atomic mass is 10.3. The Balaban J connectivity index is 4.11. The van der Waals surface area contributed by atoms with E-state index in [2.05, 4.69) is 0 Å². The maximum absolute atomic E-state index is 11.2. The lowest BCUT2D eigenvalue weighted by Crippen LogP contribution is -2.27. The highest BCUT2D eigenvalue weighted by Crippen LogP contribution is 2.04. The number of rotatable bonds is 10. The highest BCUT2D eigenvalue weighted by Gasteiger charge is 2.18. The van der Waals surface area contributed by atoms with Gasteiger partial charge in [0.2, 0.25) is 0 Å². The van der Waals surface area contributed by atoms with Gasteiger partial charge in [0, 0.05) is 12.8 Å². The van der Waals surface area contributed by atoms with Crippen LogP contribution in [0.2, 0.25) is 0 Å². The van der Waals surface area contributed by atoms with Crippen LogP contribution in [0.15, 0.2) is 0 Å². The monoisotopic (exact) mass is 260 g/mol. The standard InChI is InChI=1S/C11H16O7/c1-2-16-11(17-9(14)5-3-7-12)18-10(15)6-4-8-13/h7-8,11H,2-6H2,1H3. The van der Waals surface area contributed by atoms with Crippen molar-refractivity contribution >= 4 is 24.5 Å². The van der Waals surface area contributed by atoms with E-state index >= 15 is 0 Å². The number of aldehydes is 2. The van der Waals surface area contributed by atoms with Gasteiger partial charge in [-0.2, -0.15) is 0 Å². The summed E-state index contributed by atoms with van der Waals surface area (Å²) in [6.45, 7) is 0.367. The molecule has 7 nitrogen and oxygen atoms in total. The van der Waals surface area contributed by atoms with Crippen LogP contribution in [0, 0.1) is 0 Å². The minimum atomic E-state index is -1.44. The van der Waals surface area contributed by atoms with Crippen molar-refractivity contribution in [1.29, 1.82) is 0 Å². The van der Waals surface area contributed by atoms with Gasteiger partial charge in [-0.15, -0.1) is 0 Å². The van der Waals surface area contributed by atoms with Gasteiger partial charge in [-0.25, -0.2) is 0 Å². The van der Waals surface area contributed by atoms with Crippen LogP contribution in [0.25, 0.3) is 0 Å². The van der Waals surface area contributed by atoms with Gasteiger partial charge in [-0.1, -0.05) is 0 Å². The summed E-state index contributed by atoms with van der Waals surface area (Å²) in [5, 5.41) is 0. The minimum absolute atomic E-state index is 0.0246. The van der Waals surface area contributed by atoms with Crippen molar-refractivity contribution in [3.63, 3.8) is 0 Å². The maximum atomic E-state index is 11.2. The van der Waals surface area contributed by atoms with E-state index in [9.17, 15) is 19.2 Å². The van der Waals surface area contributed by atoms with Gasteiger partial charge in [0.25, 0.3) is 0 Å². The fraction of sp³-hybridized carbons (Fsp3) is 0.636. The van der Waals surface area contributed by atoms with Crippen molar-refractivity contribution in [2.75, 3.05) is 6.61 Å². The van der Waals surface area contributed by atoms with Crippen LogP contribution in [-0.2, 0) is 33.4 Å². The molecule has 0 N–H and O–H groups in total. The van der Waals surface area contributed by atoms with Crippen LogP contribution in [-0.4, -0.2) is 37.6 Å². The number of ether oxygens (including phenoxy) is 3. The molecule has 0 aliphatic carbocycles. The SMILES string of the molecule is CCOC(OC(=O)CCC=O)OC(=O)CCC=O. The Hall–Kier alpha value is -1.76. The summed E-state index contributed by atoms with van der Waals surface area (Å²) in [5.74, 6) is -1.41. The Morgan fingerprint density at radius 2 is 1.44 bits per heavy atom. The molecule has 0 heterocycles. The van der Waals surface area contributed by atoms with E-state index in [4.69, 9.17) is 14.2 Å². The molecule has 102 valence electrons. The molecule has 0 rings (SSSR count). The van der Waals surface area contributed by atoms with Crippen LogP contribution in [0.5, 0.6) is 0 Å². The van der Waals surface area contributed by atoms with Crippen molar-refractivity contribution in [3.05, 3.63) is 0 Å². The predicted octanol–water partition coefficient (Wildman–Crippen LogP) is 0.351. The molecule has 0 amide bonds. The maximum Gasteiger partial charge on any atom is 0.365 e. The average molecular weight is 260 g/mol. The van der Waals surface area contributed by atoms with E-state index in [0.717, 1.165) is 0 Å². The first-order chi connectivity index (χ1) is 8.63. The van der Waals surface area contributed by atoms with E-state index in [-0.39, 0.29) is 32.3 Å². The number of hydrogen-bond acceptors (Lipinski definition) is 7. The summed E-state index contributed by atoms with van der Waals surface area (Å²) in [6, 6.07) is 0. The summed E-state index contributed by atoms with van der Waals surface area (Å²) in [4.78, 5) is 42.5. The van der Waals surface area contributed by atoms with E-state index in [1.54, 1.807) is 6.92 Å². The largest absolute Gasteiger partial charge is 0.400 e. The molecule has 0 aliphatic heterocycles. The predicted molar refractivity (Wildman–Crippen MR) is 58.2 cm³/mol. The smallest absolute Gasteiger partial charge is 0.365 e. The highest BCUT2D eigenvalue weighted by atomic mass is 16.9. The summed E-state index contributed by atoms with van der Waals surface area (Å²) >= 11 is 0. The highest BCUT2D eigenvalue weighted by molar-refractivity contribution is 5.74. The fourth-order valence-corrected chi connectivity index (χ4v) is 0.914. The van der Waals surface area contributed by atoms with Crippen molar-refractivity contribution < 1.29 is 33.4 Å². The third-order valence-electron chi connectivity index (χ3n) is 1.69. The Morgan fingerprint density at radius 1 is 1.00 bits per heavy atom. The second-order valence-electron chi connectivity index (χ2n) is 3.13. The summed E-state index contributed by atoms with van der Waals surface area (Å²) in [5.41, 5.74) is 0. The van der Waals surface area contributed by atoms with Gasteiger partial charge in [0.05, 0.1) is 19.4 Å². The zero-order valence-electron chi connectivity index (χ0n) is 10.1. The van der Waals surface area contributed by atoms with Gasteiger partial charge in [0.1, 0.15) is 12.6 Å². The molecule has 0 spiro atoms. The van der Waals surface area contributed by atoms with E-state index < -0.39 is 18.4 Å². The molecule has 18 heavy (non-hydrogen) atoms. The van der Waals surface area contributed by atoms with Crippen LogP contribution >= 0.6 is 0 Å². The summed E-state index contributed by atoms with van der Waals surface area (Å²) < 4.78 is 14.3. The molecule has 0 atom stereocenters. The molecular weight excluding hydrogens is 244 g/mol. The van der Waals surface area contributed by atoms with Gasteiger partial charge >= 0.3 is 18.4 Å². The normalized spacial score (nSPS) is 9.89. The summed E-state index contributed by atoms with van der Waals surface area (Å²) in [6.07, 6.45) is 0.978. The molecule has 0 aliphatic rings. The Bertz CT molecular complexity index is 261. The van der Waals surface area contributed by atoms with Crippen LogP contribution in [0.1, 0.15) is 32.6 Å².